The molecule has 0 N–H and O–H groups in total. The predicted molar refractivity (Wildman–Crippen MR) is 77.4 cm³/mol. The number of pyridine rings is 1. The van der Waals surface area contributed by atoms with Crippen LogP contribution in [0, 0.1) is 13.8 Å². The summed E-state index contributed by atoms with van der Waals surface area (Å²) in [7, 11) is 0. The van der Waals surface area contributed by atoms with Crippen LogP contribution in [0.3, 0.4) is 0 Å². The highest BCUT2D eigenvalue weighted by molar-refractivity contribution is 5.14. The van der Waals surface area contributed by atoms with E-state index in [2.05, 4.69) is 11.1 Å². The predicted octanol–water partition coefficient (Wildman–Crippen LogP) is 5.46. The van der Waals surface area contributed by atoms with Gasteiger partial charge in [-0.05, 0) is 25.0 Å². The van der Waals surface area contributed by atoms with E-state index >= 15 is 0 Å². The molecule has 1 fully saturated rings. The molecule has 1 aromatic rings. The molecule has 0 aliphatic heterocycles. The molecular weight excluding hydrogens is 206 g/mol. The van der Waals surface area contributed by atoms with Crippen LogP contribution in [-0.4, -0.2) is 4.98 Å². The van der Waals surface area contributed by atoms with Gasteiger partial charge in [0.05, 0.1) is 0 Å². The van der Waals surface area contributed by atoms with Crippen LogP contribution >= 0.6 is 0 Å². The number of rotatable bonds is 0. The van der Waals surface area contributed by atoms with E-state index in [1.807, 2.05) is 40.1 Å². The summed E-state index contributed by atoms with van der Waals surface area (Å²) in [6, 6.07) is 2.10. The van der Waals surface area contributed by atoms with Crippen molar-refractivity contribution in [2.45, 2.75) is 72.6 Å². The van der Waals surface area contributed by atoms with Crippen molar-refractivity contribution in [1.29, 1.82) is 0 Å². The zero-order chi connectivity index (χ0) is 12.9. The number of aromatic nitrogens is 1. The third-order valence-electron chi connectivity index (χ3n) is 2.76. The van der Waals surface area contributed by atoms with Gasteiger partial charge in [-0.25, -0.2) is 0 Å². The molecule has 17 heavy (non-hydrogen) atoms. The quantitative estimate of drug-likeness (QED) is 0.544. The molecule has 2 rings (SSSR count). The minimum atomic E-state index is 1.23. The highest BCUT2D eigenvalue weighted by Crippen LogP contribution is 2.15. The largest absolute Gasteiger partial charge is 0.264 e. The molecule has 98 valence electrons. The Balaban J connectivity index is 0.000000265. The molecule has 0 saturated heterocycles. The number of aryl methyl sites for hydroxylation is 2. The molecule has 1 aliphatic carbocycles. The van der Waals surface area contributed by atoms with Crippen LogP contribution in [0.25, 0.3) is 0 Å². The van der Waals surface area contributed by atoms with Crippen molar-refractivity contribution in [3.8, 4) is 0 Å². The highest BCUT2D eigenvalue weighted by atomic mass is 14.6. The molecule has 1 nitrogen and oxygen atoms in total. The second-order valence-electron chi connectivity index (χ2n) is 4.51. The van der Waals surface area contributed by atoms with E-state index < -0.39 is 0 Å². The fraction of sp³-hybridized carbons (Fsp3) is 0.688. The van der Waals surface area contributed by atoms with Gasteiger partial charge in [0.25, 0.3) is 0 Å². The molecule has 1 heteroatoms. The first-order valence-electron chi connectivity index (χ1n) is 7.17. The first-order chi connectivity index (χ1) is 8.29. The Hall–Kier alpha value is -0.850. The topological polar surface area (TPSA) is 12.9 Å². The maximum absolute atomic E-state index is 3.98. The summed E-state index contributed by atoms with van der Waals surface area (Å²) >= 11 is 0. The first-order valence-corrected chi connectivity index (χ1v) is 7.17. The molecule has 1 heterocycles. The third-order valence-corrected chi connectivity index (χ3v) is 2.76. The van der Waals surface area contributed by atoms with Gasteiger partial charge in [-0.3, -0.25) is 4.98 Å². The lowest BCUT2D eigenvalue weighted by Crippen LogP contribution is -1.76. The van der Waals surface area contributed by atoms with Crippen LogP contribution < -0.4 is 0 Å². The van der Waals surface area contributed by atoms with E-state index in [0.29, 0.717) is 0 Å². The maximum Gasteiger partial charge on any atom is 0.0297 e. The third kappa shape index (κ3) is 10.0. The van der Waals surface area contributed by atoms with Crippen molar-refractivity contribution < 1.29 is 0 Å². The molecule has 1 saturated carbocycles. The fourth-order valence-corrected chi connectivity index (χ4v) is 1.94. The molecule has 0 aromatic carbocycles. The van der Waals surface area contributed by atoms with Crippen molar-refractivity contribution in [1.82, 2.24) is 4.98 Å². The smallest absolute Gasteiger partial charge is 0.0297 e. The molecule has 0 radical (unpaired) electrons. The van der Waals surface area contributed by atoms with E-state index in [0.717, 1.165) is 0 Å². The Morgan fingerprint density at radius 3 is 1.18 bits per heavy atom. The summed E-state index contributed by atoms with van der Waals surface area (Å²) in [6.07, 6.45) is 14.2. The summed E-state index contributed by atoms with van der Waals surface area (Å²) in [5.41, 5.74) is 2.45. The standard InChI is InChI=1S/C7H9N.C7H14.C2H6/c1-6-3-7(2)5-8-4-6;1-2-4-6-7-5-3-1;1-2/h3-5H,1-2H3;1-7H2;1-2H3. The van der Waals surface area contributed by atoms with Crippen LogP contribution in [0.2, 0.25) is 0 Å². The van der Waals surface area contributed by atoms with Crippen molar-refractivity contribution in [3.05, 3.63) is 29.6 Å². The van der Waals surface area contributed by atoms with Crippen LogP contribution in [-0.2, 0) is 0 Å². The van der Waals surface area contributed by atoms with Crippen LogP contribution in [0.4, 0.5) is 0 Å². The highest BCUT2D eigenvalue weighted by Gasteiger charge is 1.95. The van der Waals surface area contributed by atoms with E-state index in [1.54, 1.807) is 0 Å². The molecule has 0 atom stereocenters. The van der Waals surface area contributed by atoms with Gasteiger partial charge < -0.3 is 0 Å². The van der Waals surface area contributed by atoms with Crippen molar-refractivity contribution in [2.75, 3.05) is 0 Å². The van der Waals surface area contributed by atoms with E-state index in [9.17, 15) is 0 Å². The minimum absolute atomic E-state index is 1.23. The van der Waals surface area contributed by atoms with Gasteiger partial charge in [-0.1, -0.05) is 64.9 Å². The lowest BCUT2D eigenvalue weighted by Gasteiger charge is -1.89. The summed E-state index contributed by atoms with van der Waals surface area (Å²) in [5.74, 6) is 0. The minimum Gasteiger partial charge on any atom is -0.264 e. The zero-order valence-corrected chi connectivity index (χ0v) is 12.1. The Morgan fingerprint density at radius 1 is 0.706 bits per heavy atom. The Morgan fingerprint density at radius 2 is 1.00 bits per heavy atom. The van der Waals surface area contributed by atoms with E-state index in [4.69, 9.17) is 0 Å². The molecule has 1 aromatic heterocycles. The number of hydrogen-bond donors (Lipinski definition) is 0. The van der Waals surface area contributed by atoms with Crippen molar-refractivity contribution in [3.63, 3.8) is 0 Å². The van der Waals surface area contributed by atoms with E-state index in [1.165, 1.54) is 56.1 Å². The second-order valence-corrected chi connectivity index (χ2v) is 4.51. The maximum atomic E-state index is 3.98. The normalized spacial score (nSPS) is 14.6. The molecule has 0 bridgehead atoms. The van der Waals surface area contributed by atoms with Crippen LogP contribution in [0.15, 0.2) is 18.5 Å². The van der Waals surface area contributed by atoms with Gasteiger partial charge >= 0.3 is 0 Å². The molecule has 1 aliphatic rings. The first kappa shape index (κ1) is 16.1. The average molecular weight is 235 g/mol. The van der Waals surface area contributed by atoms with Gasteiger partial charge in [0.2, 0.25) is 0 Å². The SMILES string of the molecule is C1CCCCCC1.CC.Cc1cncc(C)c1. The number of hydrogen-bond acceptors (Lipinski definition) is 1. The van der Waals surface area contributed by atoms with Gasteiger partial charge in [-0.15, -0.1) is 0 Å². The number of nitrogens with zero attached hydrogens (tertiary/aromatic N) is 1. The second kappa shape index (κ2) is 11.6. The lowest BCUT2D eigenvalue weighted by atomic mass is 10.2. The molecular formula is C16H29N. The molecule has 0 amide bonds. The Kier molecular flexibility index (Phi) is 11.0. The van der Waals surface area contributed by atoms with Gasteiger partial charge in [0.1, 0.15) is 0 Å². The van der Waals surface area contributed by atoms with Gasteiger partial charge in [0, 0.05) is 12.4 Å². The van der Waals surface area contributed by atoms with Crippen molar-refractivity contribution in [2.24, 2.45) is 0 Å². The zero-order valence-electron chi connectivity index (χ0n) is 12.1. The Labute approximate surface area is 108 Å². The van der Waals surface area contributed by atoms with Crippen molar-refractivity contribution >= 4 is 0 Å². The van der Waals surface area contributed by atoms with Crippen LogP contribution in [0.5, 0.6) is 0 Å². The fourth-order valence-electron chi connectivity index (χ4n) is 1.94. The van der Waals surface area contributed by atoms with E-state index in [-0.39, 0.29) is 0 Å². The van der Waals surface area contributed by atoms with Gasteiger partial charge in [0.15, 0.2) is 0 Å². The summed E-state index contributed by atoms with van der Waals surface area (Å²) < 4.78 is 0. The summed E-state index contributed by atoms with van der Waals surface area (Å²) in [4.78, 5) is 3.98. The molecule has 0 spiro atoms. The Bertz CT molecular complexity index is 231. The molecule has 0 unspecified atom stereocenters. The van der Waals surface area contributed by atoms with Crippen LogP contribution in [0.1, 0.15) is 69.9 Å². The average Bonchev–Trinajstić information content (AvgIpc) is 2.64. The summed E-state index contributed by atoms with van der Waals surface area (Å²) in [5, 5.41) is 0. The lowest BCUT2D eigenvalue weighted by molar-refractivity contribution is 0.702. The monoisotopic (exact) mass is 235 g/mol. The summed E-state index contributed by atoms with van der Waals surface area (Å²) in [6.45, 7) is 8.08. The van der Waals surface area contributed by atoms with Gasteiger partial charge in [-0.2, -0.15) is 0 Å².